The Hall–Kier alpha value is -2.90. The maximum absolute atomic E-state index is 11.5. The van der Waals surface area contributed by atoms with E-state index in [2.05, 4.69) is 0 Å². The average Bonchev–Trinajstić information content (AvgIpc) is 2.37. The zero-order valence-corrected chi connectivity index (χ0v) is 11.0. The van der Waals surface area contributed by atoms with Crippen LogP contribution in [-0.2, 0) is 16.0 Å². The van der Waals surface area contributed by atoms with Gasteiger partial charge in [-0.15, -0.1) is 0 Å². The first-order valence-corrected chi connectivity index (χ1v) is 6.02. The van der Waals surface area contributed by atoms with E-state index in [9.17, 15) is 24.8 Å². The molecular formula is C13H11NO7. The molecule has 0 fully saturated rings. The molecule has 0 bridgehead atoms. The Labute approximate surface area is 117 Å². The summed E-state index contributed by atoms with van der Waals surface area (Å²) in [5, 5.41) is 20.6. The van der Waals surface area contributed by atoms with Gasteiger partial charge in [-0.05, 0) is 12.5 Å². The number of phenolic OH excluding ortho intramolecular Hbond substituents is 1. The van der Waals surface area contributed by atoms with Gasteiger partial charge in [-0.1, -0.05) is 0 Å². The van der Waals surface area contributed by atoms with Crippen LogP contribution in [0.4, 0.5) is 5.69 Å². The van der Waals surface area contributed by atoms with Gasteiger partial charge in [0, 0.05) is 23.6 Å². The van der Waals surface area contributed by atoms with E-state index >= 15 is 0 Å². The highest BCUT2D eigenvalue weighted by Crippen LogP contribution is 2.32. The first kappa shape index (κ1) is 14.5. The van der Waals surface area contributed by atoms with Crippen LogP contribution in [0.25, 0.3) is 11.0 Å². The number of phenols is 1. The maximum Gasteiger partial charge on any atom is 0.336 e. The van der Waals surface area contributed by atoms with Crippen LogP contribution < -0.4 is 5.63 Å². The number of hydrogen-bond acceptors (Lipinski definition) is 7. The molecule has 0 unspecified atom stereocenters. The summed E-state index contributed by atoms with van der Waals surface area (Å²) in [4.78, 5) is 33.0. The molecule has 0 saturated carbocycles. The summed E-state index contributed by atoms with van der Waals surface area (Å²) in [6.45, 7) is 1.82. The zero-order valence-electron chi connectivity index (χ0n) is 11.0. The SMILES string of the molecule is CCOC(=O)Cc1cc(=O)oc2cc(O)c([N+](=O)[O-])cc12. The second-order valence-electron chi connectivity index (χ2n) is 4.17. The van der Waals surface area contributed by atoms with Crippen molar-refractivity contribution in [2.75, 3.05) is 6.61 Å². The molecular weight excluding hydrogens is 282 g/mol. The number of fused-ring (bicyclic) bond motifs is 1. The van der Waals surface area contributed by atoms with Crippen LogP contribution in [0.15, 0.2) is 27.4 Å². The zero-order chi connectivity index (χ0) is 15.6. The quantitative estimate of drug-likeness (QED) is 0.392. The van der Waals surface area contributed by atoms with Gasteiger partial charge in [0.25, 0.3) is 0 Å². The van der Waals surface area contributed by atoms with Crippen LogP contribution >= 0.6 is 0 Å². The smallest absolute Gasteiger partial charge is 0.336 e. The maximum atomic E-state index is 11.5. The molecule has 8 nitrogen and oxygen atoms in total. The monoisotopic (exact) mass is 293 g/mol. The van der Waals surface area contributed by atoms with E-state index in [1.165, 1.54) is 0 Å². The van der Waals surface area contributed by atoms with E-state index in [1.54, 1.807) is 6.92 Å². The molecule has 0 spiro atoms. The Morgan fingerprint density at radius 2 is 2.14 bits per heavy atom. The number of rotatable bonds is 4. The standard InChI is InChI=1S/C13H11NO7/c1-2-20-12(16)3-7-4-13(17)21-11-6-10(15)9(14(18)19)5-8(7)11/h4-6,15H,2-3H2,1H3. The van der Waals surface area contributed by atoms with E-state index in [1.807, 2.05) is 0 Å². The number of nitrogens with zero attached hydrogens (tertiary/aromatic N) is 1. The first-order valence-electron chi connectivity index (χ1n) is 6.02. The molecule has 0 amide bonds. The van der Waals surface area contributed by atoms with Gasteiger partial charge < -0.3 is 14.3 Å². The molecule has 1 aromatic carbocycles. The highest BCUT2D eigenvalue weighted by Gasteiger charge is 2.19. The van der Waals surface area contributed by atoms with Crippen molar-refractivity contribution in [2.24, 2.45) is 0 Å². The van der Waals surface area contributed by atoms with Crippen molar-refractivity contribution in [1.82, 2.24) is 0 Å². The van der Waals surface area contributed by atoms with Gasteiger partial charge in [0.15, 0.2) is 5.75 Å². The Kier molecular flexibility index (Phi) is 3.88. The summed E-state index contributed by atoms with van der Waals surface area (Å²) >= 11 is 0. The number of nitro groups is 1. The fraction of sp³-hybridized carbons (Fsp3) is 0.231. The molecule has 21 heavy (non-hydrogen) atoms. The molecule has 0 atom stereocenters. The summed E-state index contributed by atoms with van der Waals surface area (Å²) < 4.78 is 9.65. The Morgan fingerprint density at radius 3 is 2.76 bits per heavy atom. The van der Waals surface area contributed by atoms with Crippen molar-refractivity contribution in [3.63, 3.8) is 0 Å². The second-order valence-corrected chi connectivity index (χ2v) is 4.17. The third-order valence-corrected chi connectivity index (χ3v) is 2.76. The van der Waals surface area contributed by atoms with Gasteiger partial charge in [0.1, 0.15) is 5.58 Å². The van der Waals surface area contributed by atoms with Crippen molar-refractivity contribution < 1.29 is 24.0 Å². The minimum atomic E-state index is -0.770. The summed E-state index contributed by atoms with van der Waals surface area (Å²) in [5.74, 6) is -1.19. The van der Waals surface area contributed by atoms with E-state index in [0.717, 1.165) is 18.2 Å². The summed E-state index contributed by atoms with van der Waals surface area (Å²) in [6, 6.07) is 3.10. The Balaban J connectivity index is 2.63. The number of ether oxygens (including phenoxy) is 1. The lowest BCUT2D eigenvalue weighted by Crippen LogP contribution is -2.10. The molecule has 1 N–H and O–H groups in total. The van der Waals surface area contributed by atoms with Gasteiger partial charge in [0.2, 0.25) is 0 Å². The second kappa shape index (κ2) is 5.61. The summed E-state index contributed by atoms with van der Waals surface area (Å²) in [6.07, 6.45) is -0.224. The normalized spacial score (nSPS) is 10.5. The van der Waals surface area contributed by atoms with E-state index in [-0.39, 0.29) is 29.6 Å². The van der Waals surface area contributed by atoms with Crippen molar-refractivity contribution in [3.8, 4) is 5.75 Å². The van der Waals surface area contributed by atoms with Gasteiger partial charge >= 0.3 is 17.3 Å². The number of aromatic hydroxyl groups is 1. The van der Waals surface area contributed by atoms with Crippen molar-refractivity contribution in [3.05, 3.63) is 44.3 Å². The molecule has 0 aliphatic heterocycles. The molecule has 8 heteroatoms. The largest absolute Gasteiger partial charge is 0.502 e. The molecule has 2 rings (SSSR count). The van der Waals surface area contributed by atoms with E-state index in [0.29, 0.717) is 0 Å². The molecule has 1 heterocycles. The fourth-order valence-electron chi connectivity index (χ4n) is 1.91. The van der Waals surface area contributed by atoms with Gasteiger partial charge in [-0.25, -0.2) is 4.79 Å². The van der Waals surface area contributed by atoms with E-state index < -0.39 is 28.0 Å². The number of benzene rings is 1. The number of hydrogen-bond donors (Lipinski definition) is 1. The van der Waals surface area contributed by atoms with E-state index in [4.69, 9.17) is 9.15 Å². The number of nitro benzene ring substituents is 1. The minimum absolute atomic E-state index is 0.0371. The van der Waals surface area contributed by atoms with Crippen molar-refractivity contribution in [1.29, 1.82) is 0 Å². The first-order chi connectivity index (χ1) is 9.92. The van der Waals surface area contributed by atoms with Crippen molar-refractivity contribution in [2.45, 2.75) is 13.3 Å². The van der Waals surface area contributed by atoms with Crippen LogP contribution in [0.2, 0.25) is 0 Å². The number of esters is 1. The topological polar surface area (TPSA) is 120 Å². The average molecular weight is 293 g/mol. The van der Waals surface area contributed by atoms with Gasteiger partial charge in [-0.3, -0.25) is 14.9 Å². The molecule has 2 aromatic rings. The molecule has 0 saturated heterocycles. The van der Waals surface area contributed by atoms with Crippen LogP contribution in [0.3, 0.4) is 0 Å². The van der Waals surface area contributed by atoms with Crippen LogP contribution in [0.1, 0.15) is 12.5 Å². The van der Waals surface area contributed by atoms with Crippen molar-refractivity contribution >= 4 is 22.6 Å². The molecule has 0 aliphatic carbocycles. The third-order valence-electron chi connectivity index (χ3n) is 2.76. The minimum Gasteiger partial charge on any atom is -0.502 e. The van der Waals surface area contributed by atoms with Crippen LogP contribution in [0.5, 0.6) is 5.75 Å². The molecule has 0 aliphatic rings. The predicted molar refractivity (Wildman–Crippen MR) is 71.1 cm³/mol. The van der Waals surface area contributed by atoms with Gasteiger partial charge in [-0.2, -0.15) is 0 Å². The molecule has 1 aromatic heterocycles. The lowest BCUT2D eigenvalue weighted by Gasteiger charge is -2.06. The van der Waals surface area contributed by atoms with Crippen LogP contribution in [0, 0.1) is 10.1 Å². The fourth-order valence-corrected chi connectivity index (χ4v) is 1.91. The Bertz CT molecular complexity index is 778. The van der Waals surface area contributed by atoms with Gasteiger partial charge in [0.05, 0.1) is 18.0 Å². The summed E-state index contributed by atoms with van der Waals surface area (Å²) in [7, 11) is 0. The summed E-state index contributed by atoms with van der Waals surface area (Å²) in [5.41, 5.74) is -1.07. The van der Waals surface area contributed by atoms with Crippen LogP contribution in [-0.4, -0.2) is 22.6 Å². The Morgan fingerprint density at radius 1 is 1.43 bits per heavy atom. The lowest BCUT2D eigenvalue weighted by molar-refractivity contribution is -0.385. The third kappa shape index (κ3) is 2.99. The molecule has 110 valence electrons. The number of carbonyl (C=O) groups is 1. The highest BCUT2D eigenvalue weighted by molar-refractivity contribution is 5.88. The highest BCUT2D eigenvalue weighted by atomic mass is 16.6. The molecule has 0 radical (unpaired) electrons. The lowest BCUT2D eigenvalue weighted by atomic mass is 10.1. The predicted octanol–water partition coefficient (Wildman–Crippen LogP) is 1.51. The number of carbonyl (C=O) groups excluding carboxylic acids is 1.